The Morgan fingerprint density at radius 1 is 1.08 bits per heavy atom. The summed E-state index contributed by atoms with van der Waals surface area (Å²) in [7, 11) is 3.20. The average molecular weight is 527 g/mol. The number of nitrogens with zero attached hydrogens (tertiary/aromatic N) is 5. The molecule has 206 valence electrons. The monoisotopic (exact) mass is 526 g/mol. The molecular formula is C27H38N6O5. The molecule has 2 aliphatic heterocycles. The summed E-state index contributed by atoms with van der Waals surface area (Å²) < 4.78 is 16.4. The number of carbonyl (C=O) groups is 2. The van der Waals surface area contributed by atoms with Gasteiger partial charge in [0.2, 0.25) is 5.91 Å². The van der Waals surface area contributed by atoms with Crippen molar-refractivity contribution in [3.05, 3.63) is 30.3 Å². The summed E-state index contributed by atoms with van der Waals surface area (Å²) in [5.74, 6) is 1.99. The van der Waals surface area contributed by atoms with E-state index in [0.717, 1.165) is 29.9 Å². The van der Waals surface area contributed by atoms with Gasteiger partial charge >= 0.3 is 6.03 Å². The Bertz CT molecular complexity index is 1080. The second-order valence-corrected chi connectivity index (χ2v) is 9.83. The summed E-state index contributed by atoms with van der Waals surface area (Å²) in [6.45, 7) is 7.37. The van der Waals surface area contributed by atoms with E-state index < -0.39 is 0 Å². The molecule has 1 aromatic heterocycles. The predicted octanol–water partition coefficient (Wildman–Crippen LogP) is 2.41. The van der Waals surface area contributed by atoms with Crippen LogP contribution in [0.15, 0.2) is 30.3 Å². The van der Waals surface area contributed by atoms with Gasteiger partial charge in [-0.2, -0.15) is 0 Å². The van der Waals surface area contributed by atoms with Crippen molar-refractivity contribution in [1.29, 1.82) is 0 Å². The smallest absolute Gasteiger partial charge is 0.318 e. The average Bonchev–Trinajstić information content (AvgIpc) is 3.45. The number of hydrogen-bond acceptors (Lipinski definition) is 8. The van der Waals surface area contributed by atoms with Crippen LogP contribution in [0.3, 0.4) is 0 Å². The molecular weight excluding hydrogens is 488 g/mol. The lowest BCUT2D eigenvalue weighted by Crippen LogP contribution is -2.54. The molecule has 0 unspecified atom stereocenters. The van der Waals surface area contributed by atoms with Crippen LogP contribution < -0.4 is 19.7 Å². The fourth-order valence-corrected chi connectivity index (χ4v) is 4.68. The van der Waals surface area contributed by atoms with Crippen LogP contribution in [-0.4, -0.2) is 104 Å². The Balaban J connectivity index is 1.33. The van der Waals surface area contributed by atoms with E-state index in [-0.39, 0.29) is 30.6 Å². The Labute approximate surface area is 224 Å². The van der Waals surface area contributed by atoms with Gasteiger partial charge in [-0.15, -0.1) is 10.2 Å². The maximum Gasteiger partial charge on any atom is 0.318 e. The van der Waals surface area contributed by atoms with E-state index in [0.29, 0.717) is 50.8 Å². The fourth-order valence-electron chi connectivity index (χ4n) is 4.68. The molecule has 11 nitrogen and oxygen atoms in total. The number of hydrogen-bond donors (Lipinski definition) is 1. The molecule has 2 aromatic rings. The number of urea groups is 1. The zero-order valence-corrected chi connectivity index (χ0v) is 22.7. The number of methoxy groups -OCH3 is 2. The second-order valence-electron chi connectivity index (χ2n) is 9.83. The van der Waals surface area contributed by atoms with Gasteiger partial charge in [0.15, 0.2) is 17.3 Å². The van der Waals surface area contributed by atoms with E-state index in [1.165, 1.54) is 0 Å². The van der Waals surface area contributed by atoms with Crippen molar-refractivity contribution in [1.82, 2.24) is 25.3 Å². The quantitative estimate of drug-likeness (QED) is 0.531. The summed E-state index contributed by atoms with van der Waals surface area (Å²) in [5.41, 5.74) is 1.61. The maximum absolute atomic E-state index is 13.1. The van der Waals surface area contributed by atoms with Gasteiger partial charge in [-0.1, -0.05) is 0 Å². The largest absolute Gasteiger partial charge is 0.493 e. The number of piperazine rings is 1. The number of carbonyl (C=O) groups excluding carboxylic acids is 2. The molecule has 0 saturated carbocycles. The molecule has 3 amide bonds. The van der Waals surface area contributed by atoms with Gasteiger partial charge in [0.1, 0.15) is 6.54 Å². The number of benzene rings is 1. The van der Waals surface area contributed by atoms with Crippen LogP contribution in [0.2, 0.25) is 0 Å². The maximum atomic E-state index is 13.1. The highest BCUT2D eigenvalue weighted by Crippen LogP contribution is 2.31. The highest BCUT2D eigenvalue weighted by molar-refractivity contribution is 5.84. The van der Waals surface area contributed by atoms with E-state index in [9.17, 15) is 9.59 Å². The second kappa shape index (κ2) is 12.8. The minimum atomic E-state index is -0.229. The molecule has 2 aliphatic rings. The molecule has 3 heterocycles. The van der Waals surface area contributed by atoms with Crippen LogP contribution in [0.4, 0.5) is 10.6 Å². The van der Waals surface area contributed by atoms with Crippen LogP contribution in [0.25, 0.3) is 11.3 Å². The zero-order valence-electron chi connectivity index (χ0n) is 22.7. The van der Waals surface area contributed by atoms with Gasteiger partial charge in [0, 0.05) is 50.9 Å². The highest BCUT2D eigenvalue weighted by Gasteiger charge is 2.28. The summed E-state index contributed by atoms with van der Waals surface area (Å²) >= 11 is 0. The molecule has 0 bridgehead atoms. The summed E-state index contributed by atoms with van der Waals surface area (Å²) in [6, 6.07) is 9.26. The van der Waals surface area contributed by atoms with Crippen LogP contribution in [0.1, 0.15) is 26.7 Å². The van der Waals surface area contributed by atoms with Gasteiger partial charge in [-0.05, 0) is 57.0 Å². The Hall–Kier alpha value is -3.60. The van der Waals surface area contributed by atoms with Crippen molar-refractivity contribution in [2.24, 2.45) is 0 Å². The SMILES string of the molecule is COc1ccc(-c2ccc(N3CCN(C(=O)CN(C[C@H]4CCCO4)C(=O)NC(C)C)CC3)nn2)cc1OC. The first-order chi connectivity index (χ1) is 18.4. The molecule has 1 N–H and O–H groups in total. The molecule has 1 aromatic carbocycles. The van der Waals surface area contributed by atoms with Crippen molar-refractivity contribution in [2.75, 3.05) is 65.0 Å². The number of aromatic nitrogens is 2. The highest BCUT2D eigenvalue weighted by atomic mass is 16.5. The van der Waals surface area contributed by atoms with Crippen molar-refractivity contribution in [3.63, 3.8) is 0 Å². The molecule has 0 aliphatic carbocycles. The third-order valence-electron chi connectivity index (χ3n) is 6.76. The number of amides is 3. The summed E-state index contributed by atoms with van der Waals surface area (Å²) in [4.78, 5) is 31.4. The molecule has 38 heavy (non-hydrogen) atoms. The molecule has 0 spiro atoms. The summed E-state index contributed by atoms with van der Waals surface area (Å²) in [5, 5.41) is 11.7. The van der Waals surface area contributed by atoms with E-state index in [4.69, 9.17) is 14.2 Å². The van der Waals surface area contributed by atoms with E-state index >= 15 is 0 Å². The van der Waals surface area contributed by atoms with Crippen LogP contribution >= 0.6 is 0 Å². The van der Waals surface area contributed by atoms with Crippen LogP contribution in [0, 0.1) is 0 Å². The van der Waals surface area contributed by atoms with Crippen LogP contribution in [-0.2, 0) is 9.53 Å². The van der Waals surface area contributed by atoms with E-state index in [1.54, 1.807) is 19.1 Å². The number of rotatable bonds is 9. The van der Waals surface area contributed by atoms with Crippen molar-refractivity contribution in [2.45, 2.75) is 38.8 Å². The van der Waals surface area contributed by atoms with Gasteiger partial charge in [0.25, 0.3) is 0 Å². The molecule has 0 radical (unpaired) electrons. The number of nitrogens with one attached hydrogen (secondary N) is 1. The van der Waals surface area contributed by atoms with Gasteiger partial charge in [-0.3, -0.25) is 4.79 Å². The standard InChI is InChI=1S/C27H38N6O5/c1-19(2)28-27(35)33(17-21-6-5-15-38-21)18-26(34)32-13-11-31(12-14-32)25-10-8-22(29-30-25)20-7-9-23(36-3)24(16-20)37-4/h7-10,16,19,21H,5-6,11-15,17-18H2,1-4H3,(H,28,35)/t21-/m1/s1. The predicted molar refractivity (Wildman–Crippen MR) is 144 cm³/mol. The lowest BCUT2D eigenvalue weighted by Gasteiger charge is -2.36. The van der Waals surface area contributed by atoms with Gasteiger partial charge < -0.3 is 34.2 Å². The van der Waals surface area contributed by atoms with Gasteiger partial charge in [0.05, 0.1) is 26.0 Å². The summed E-state index contributed by atoms with van der Waals surface area (Å²) in [6.07, 6.45) is 1.88. The first-order valence-electron chi connectivity index (χ1n) is 13.1. The van der Waals surface area contributed by atoms with E-state index in [1.807, 2.05) is 49.1 Å². The normalized spacial score (nSPS) is 17.4. The molecule has 2 saturated heterocycles. The van der Waals surface area contributed by atoms with Crippen LogP contribution in [0.5, 0.6) is 11.5 Å². The van der Waals surface area contributed by atoms with Gasteiger partial charge in [-0.25, -0.2) is 4.79 Å². The molecule has 11 heteroatoms. The fraction of sp³-hybridized carbons (Fsp3) is 0.556. The molecule has 2 fully saturated rings. The Morgan fingerprint density at radius 3 is 2.45 bits per heavy atom. The minimum absolute atomic E-state index is 0.00705. The topological polar surface area (TPSA) is 109 Å². The van der Waals surface area contributed by atoms with Crippen molar-refractivity contribution >= 4 is 17.8 Å². The van der Waals surface area contributed by atoms with Crippen molar-refractivity contribution in [3.8, 4) is 22.8 Å². The first-order valence-corrected chi connectivity index (χ1v) is 13.1. The third kappa shape index (κ3) is 6.83. The Morgan fingerprint density at radius 2 is 1.84 bits per heavy atom. The third-order valence-corrected chi connectivity index (χ3v) is 6.76. The first kappa shape index (κ1) is 27.4. The lowest BCUT2D eigenvalue weighted by atomic mass is 10.1. The lowest BCUT2D eigenvalue weighted by molar-refractivity contribution is -0.132. The van der Waals surface area contributed by atoms with Crippen molar-refractivity contribution < 1.29 is 23.8 Å². The molecule has 4 rings (SSSR count). The zero-order chi connectivity index (χ0) is 27.1. The Kier molecular flexibility index (Phi) is 9.22. The number of anilines is 1. The minimum Gasteiger partial charge on any atom is -0.493 e. The van der Waals surface area contributed by atoms with E-state index in [2.05, 4.69) is 20.4 Å². The number of ether oxygens (including phenoxy) is 3. The molecule has 1 atom stereocenters.